The Balaban J connectivity index is 1.63. The Morgan fingerprint density at radius 3 is 2.09 bits per heavy atom. The highest BCUT2D eigenvalue weighted by Crippen LogP contribution is 2.25. The standard InChI is InChI=1S/C24H18N4O4S2/c29-22(17-7-3-1-4-8-17)21(23(30)18-9-5-2-6-10-18)27-26-19-11-13-20(14-12-19)34(31,32)28-24-25-15-16-33-24/h1-16,29H,(H,25,28). The SMILES string of the molecule is O=C(C(N=Nc1ccc(S(=O)(=O)Nc2nccs2)cc1)=C(O)c1ccccc1)c1ccccc1. The van der Waals surface area contributed by atoms with Crippen molar-refractivity contribution in [3.63, 3.8) is 0 Å². The summed E-state index contributed by atoms with van der Waals surface area (Å²) in [7, 11) is -3.81. The third-order valence-corrected chi connectivity index (χ3v) is 6.76. The number of nitrogens with one attached hydrogen (secondary N) is 1. The van der Waals surface area contributed by atoms with Crippen LogP contribution >= 0.6 is 11.3 Å². The summed E-state index contributed by atoms with van der Waals surface area (Å²) in [6.07, 6.45) is 1.50. The largest absolute Gasteiger partial charge is 0.505 e. The van der Waals surface area contributed by atoms with Gasteiger partial charge in [-0.25, -0.2) is 13.4 Å². The molecule has 0 atom stereocenters. The van der Waals surface area contributed by atoms with Crippen LogP contribution < -0.4 is 4.72 Å². The predicted octanol–water partition coefficient (Wildman–Crippen LogP) is 5.84. The molecular weight excluding hydrogens is 472 g/mol. The van der Waals surface area contributed by atoms with Crippen LogP contribution in [-0.4, -0.2) is 24.3 Å². The second-order valence-electron chi connectivity index (χ2n) is 6.90. The van der Waals surface area contributed by atoms with Crippen LogP contribution in [0.2, 0.25) is 0 Å². The molecule has 170 valence electrons. The molecule has 0 spiro atoms. The number of carbonyl (C=O) groups excluding carboxylic acids is 1. The number of allylic oxidation sites excluding steroid dienone is 1. The summed E-state index contributed by atoms with van der Waals surface area (Å²) in [5, 5.41) is 20.8. The van der Waals surface area contributed by atoms with Crippen molar-refractivity contribution in [3.05, 3.63) is 113 Å². The van der Waals surface area contributed by atoms with Gasteiger partial charge in [-0.1, -0.05) is 60.7 Å². The molecule has 0 radical (unpaired) electrons. The van der Waals surface area contributed by atoms with Gasteiger partial charge in [0.05, 0.1) is 10.6 Å². The first-order valence-electron chi connectivity index (χ1n) is 9.96. The monoisotopic (exact) mass is 490 g/mol. The highest BCUT2D eigenvalue weighted by atomic mass is 32.2. The molecule has 10 heteroatoms. The Kier molecular flexibility index (Phi) is 6.90. The molecule has 4 rings (SSSR count). The fourth-order valence-electron chi connectivity index (χ4n) is 2.91. The van der Waals surface area contributed by atoms with E-state index in [9.17, 15) is 18.3 Å². The minimum absolute atomic E-state index is 0.0184. The lowest BCUT2D eigenvalue weighted by Crippen LogP contribution is -2.12. The zero-order valence-electron chi connectivity index (χ0n) is 17.6. The zero-order chi connectivity index (χ0) is 24.0. The molecule has 0 aliphatic rings. The number of anilines is 1. The number of thiazole rings is 1. The molecule has 0 amide bonds. The normalized spacial score (nSPS) is 12.4. The summed E-state index contributed by atoms with van der Waals surface area (Å²) in [5.74, 6) is -0.817. The summed E-state index contributed by atoms with van der Waals surface area (Å²) in [6.45, 7) is 0. The number of nitrogens with zero attached hydrogens (tertiary/aromatic N) is 3. The maximum Gasteiger partial charge on any atom is 0.263 e. The number of Topliss-reactive ketones (excluding diaryl/α,β-unsaturated/α-hetero) is 1. The first-order chi connectivity index (χ1) is 16.4. The summed E-state index contributed by atoms with van der Waals surface area (Å²) < 4.78 is 27.4. The van der Waals surface area contributed by atoms with Crippen molar-refractivity contribution < 1.29 is 18.3 Å². The van der Waals surface area contributed by atoms with E-state index in [1.165, 1.54) is 30.5 Å². The number of hydrogen-bond donors (Lipinski definition) is 2. The van der Waals surface area contributed by atoms with Gasteiger partial charge in [-0.3, -0.25) is 9.52 Å². The van der Waals surface area contributed by atoms with Crippen LogP contribution in [0.4, 0.5) is 10.8 Å². The van der Waals surface area contributed by atoms with Crippen molar-refractivity contribution in [3.8, 4) is 0 Å². The third-order valence-electron chi connectivity index (χ3n) is 4.59. The van der Waals surface area contributed by atoms with E-state index in [2.05, 4.69) is 19.9 Å². The number of rotatable bonds is 8. The van der Waals surface area contributed by atoms with Gasteiger partial charge < -0.3 is 5.11 Å². The molecule has 0 aliphatic heterocycles. The van der Waals surface area contributed by atoms with Crippen LogP contribution in [0.1, 0.15) is 15.9 Å². The highest BCUT2D eigenvalue weighted by Gasteiger charge is 2.19. The van der Waals surface area contributed by atoms with Crippen molar-refractivity contribution in [2.45, 2.75) is 4.90 Å². The molecule has 0 unspecified atom stereocenters. The van der Waals surface area contributed by atoms with Gasteiger partial charge in [0.15, 0.2) is 16.6 Å². The highest BCUT2D eigenvalue weighted by molar-refractivity contribution is 7.93. The minimum atomic E-state index is -3.81. The number of aliphatic hydroxyl groups is 1. The molecule has 1 heterocycles. The number of aliphatic hydroxyl groups excluding tert-OH is 1. The van der Waals surface area contributed by atoms with E-state index in [-0.39, 0.29) is 21.5 Å². The summed E-state index contributed by atoms with van der Waals surface area (Å²) in [4.78, 5) is 17.0. The van der Waals surface area contributed by atoms with Gasteiger partial charge >= 0.3 is 0 Å². The Morgan fingerprint density at radius 1 is 0.882 bits per heavy atom. The fraction of sp³-hybridized carbons (Fsp3) is 0. The summed E-state index contributed by atoms with van der Waals surface area (Å²) in [6, 6.07) is 22.6. The zero-order valence-corrected chi connectivity index (χ0v) is 19.2. The molecule has 0 bridgehead atoms. The van der Waals surface area contributed by atoms with E-state index in [1.54, 1.807) is 66.0 Å². The second-order valence-corrected chi connectivity index (χ2v) is 9.47. The van der Waals surface area contributed by atoms with Gasteiger partial charge in [-0.15, -0.1) is 16.5 Å². The van der Waals surface area contributed by atoms with Crippen LogP contribution in [0.5, 0.6) is 0 Å². The molecule has 0 saturated heterocycles. The number of azo groups is 1. The Bertz CT molecular complexity index is 1430. The third kappa shape index (κ3) is 5.42. The van der Waals surface area contributed by atoms with Crippen molar-refractivity contribution in [2.75, 3.05) is 4.72 Å². The van der Waals surface area contributed by atoms with Crippen molar-refractivity contribution in [1.82, 2.24) is 4.98 Å². The molecule has 0 aliphatic carbocycles. The average molecular weight is 491 g/mol. The van der Waals surface area contributed by atoms with Crippen molar-refractivity contribution in [2.24, 2.45) is 10.2 Å². The molecule has 8 nitrogen and oxygen atoms in total. The molecule has 0 fully saturated rings. The molecule has 34 heavy (non-hydrogen) atoms. The van der Waals surface area contributed by atoms with E-state index in [0.29, 0.717) is 16.8 Å². The fourth-order valence-corrected chi connectivity index (χ4v) is 4.70. The topological polar surface area (TPSA) is 121 Å². The lowest BCUT2D eigenvalue weighted by Gasteiger charge is -2.06. The van der Waals surface area contributed by atoms with Crippen molar-refractivity contribution >= 4 is 43.7 Å². The van der Waals surface area contributed by atoms with E-state index in [4.69, 9.17) is 0 Å². The average Bonchev–Trinajstić information content (AvgIpc) is 3.37. The number of hydrogen-bond acceptors (Lipinski definition) is 8. The number of sulfonamides is 1. The Hall–Kier alpha value is -4.15. The molecule has 2 N–H and O–H groups in total. The van der Waals surface area contributed by atoms with Gasteiger partial charge in [0.25, 0.3) is 10.0 Å². The van der Waals surface area contributed by atoms with E-state index in [1.807, 2.05) is 0 Å². The van der Waals surface area contributed by atoms with Crippen LogP contribution in [0, 0.1) is 0 Å². The lowest BCUT2D eigenvalue weighted by molar-refractivity contribution is 0.103. The maximum absolute atomic E-state index is 13.1. The summed E-state index contributed by atoms with van der Waals surface area (Å²) in [5.41, 5.74) is 0.816. The van der Waals surface area contributed by atoms with Crippen LogP contribution in [-0.2, 0) is 10.0 Å². The lowest BCUT2D eigenvalue weighted by atomic mass is 10.1. The second kappa shape index (κ2) is 10.2. The van der Waals surface area contributed by atoms with Gasteiger partial charge in [-0.05, 0) is 24.3 Å². The van der Waals surface area contributed by atoms with Gasteiger partial charge in [0.2, 0.25) is 5.78 Å². The number of aromatic nitrogens is 1. The van der Waals surface area contributed by atoms with Crippen LogP contribution in [0.25, 0.3) is 5.76 Å². The molecule has 0 saturated carbocycles. The predicted molar refractivity (Wildman–Crippen MR) is 131 cm³/mol. The Morgan fingerprint density at radius 2 is 1.50 bits per heavy atom. The number of benzene rings is 3. The molecular formula is C24H18N4O4S2. The van der Waals surface area contributed by atoms with E-state index >= 15 is 0 Å². The van der Waals surface area contributed by atoms with E-state index < -0.39 is 15.8 Å². The first kappa shape index (κ1) is 23.0. The van der Waals surface area contributed by atoms with Gasteiger partial charge in [0.1, 0.15) is 0 Å². The number of ketones is 1. The van der Waals surface area contributed by atoms with Gasteiger partial charge in [0, 0.05) is 22.7 Å². The minimum Gasteiger partial charge on any atom is -0.505 e. The molecule has 4 aromatic rings. The maximum atomic E-state index is 13.1. The Labute approximate surface area is 200 Å². The first-order valence-corrected chi connectivity index (χ1v) is 12.3. The van der Waals surface area contributed by atoms with Crippen LogP contribution in [0.15, 0.2) is 117 Å². The van der Waals surface area contributed by atoms with Crippen LogP contribution in [0.3, 0.4) is 0 Å². The summed E-state index contributed by atoms with van der Waals surface area (Å²) >= 11 is 1.16. The van der Waals surface area contributed by atoms with Crippen molar-refractivity contribution in [1.29, 1.82) is 0 Å². The smallest absolute Gasteiger partial charge is 0.263 e. The van der Waals surface area contributed by atoms with E-state index in [0.717, 1.165) is 11.3 Å². The molecule has 3 aromatic carbocycles. The number of carbonyl (C=O) groups is 1. The molecule has 1 aromatic heterocycles. The van der Waals surface area contributed by atoms with Gasteiger partial charge in [-0.2, -0.15) is 5.11 Å². The quantitative estimate of drug-likeness (QED) is 0.139.